The summed E-state index contributed by atoms with van der Waals surface area (Å²) in [7, 11) is 0. The van der Waals surface area contributed by atoms with Crippen molar-refractivity contribution in [3.63, 3.8) is 0 Å². The molecule has 0 rings (SSSR count). The molecule has 0 radical (unpaired) electrons. The second-order valence-electron chi connectivity index (χ2n) is 4.13. The van der Waals surface area contributed by atoms with Crippen LogP contribution in [0.15, 0.2) is 11.6 Å². The smallest absolute Gasteiger partial charge is 0.331 e. The van der Waals surface area contributed by atoms with Crippen molar-refractivity contribution in [1.29, 1.82) is 0 Å². The van der Waals surface area contributed by atoms with Crippen LogP contribution in [0, 0.1) is 5.92 Å². The Hall–Kier alpha value is -0.830. The normalized spacial score (nSPS) is 12.5. The molecule has 88 valence electrons. The molecule has 0 heterocycles. The summed E-state index contributed by atoms with van der Waals surface area (Å²) in [6.45, 7) is 11.0. The maximum absolute atomic E-state index is 10.8. The molecule has 3 nitrogen and oxygen atoms in total. The monoisotopic (exact) mass is 213 g/mol. The molecule has 0 unspecified atom stereocenters. The number of nitrogens with zero attached hydrogens (tertiary/aromatic N) is 1. The van der Waals surface area contributed by atoms with Gasteiger partial charge in [0.25, 0.3) is 0 Å². The van der Waals surface area contributed by atoms with Gasteiger partial charge < -0.3 is 5.11 Å². The lowest BCUT2D eigenvalue weighted by molar-refractivity contribution is -0.132. The molecule has 1 N–H and O–H groups in total. The van der Waals surface area contributed by atoms with Gasteiger partial charge in [-0.25, -0.2) is 4.79 Å². The maximum Gasteiger partial charge on any atom is 0.331 e. The van der Waals surface area contributed by atoms with E-state index in [1.54, 1.807) is 0 Å². The molecule has 0 aliphatic carbocycles. The highest BCUT2D eigenvalue weighted by Gasteiger charge is 2.06. The maximum atomic E-state index is 10.8. The molecule has 0 aromatic rings. The Morgan fingerprint density at radius 1 is 1.40 bits per heavy atom. The van der Waals surface area contributed by atoms with Crippen molar-refractivity contribution in [2.24, 2.45) is 5.92 Å². The molecular weight excluding hydrogens is 190 g/mol. The molecule has 0 aromatic heterocycles. The van der Waals surface area contributed by atoms with Gasteiger partial charge in [-0.1, -0.05) is 33.8 Å². The number of rotatable bonds is 7. The molecule has 0 atom stereocenters. The number of hydrogen-bond acceptors (Lipinski definition) is 2. The van der Waals surface area contributed by atoms with Crippen LogP contribution in [0.1, 0.15) is 34.1 Å². The average Bonchev–Trinajstić information content (AvgIpc) is 2.15. The van der Waals surface area contributed by atoms with E-state index < -0.39 is 5.97 Å². The van der Waals surface area contributed by atoms with E-state index in [4.69, 9.17) is 5.11 Å². The molecule has 15 heavy (non-hydrogen) atoms. The molecule has 0 aliphatic rings. The molecule has 0 saturated heterocycles. The predicted octanol–water partition coefficient (Wildman–Crippen LogP) is 2.39. The lowest BCUT2D eigenvalue weighted by Crippen LogP contribution is -2.28. The molecular formula is C12H23NO2. The number of likely N-dealkylation sites (N-methyl/N-ethyl adjacent to an activating group) is 1. The lowest BCUT2D eigenvalue weighted by atomic mass is 10.1. The minimum absolute atomic E-state index is 0.511. The zero-order valence-corrected chi connectivity index (χ0v) is 10.3. The minimum atomic E-state index is -0.793. The standard InChI is InChI=1S/C12H23NO2/c1-5-11(12(14)15)7-8-13(6-2)9-10(3)4/h7,10H,5-6,8-9H2,1-4H3,(H,14,15). The van der Waals surface area contributed by atoms with Gasteiger partial charge in [0.1, 0.15) is 0 Å². The highest BCUT2D eigenvalue weighted by atomic mass is 16.4. The van der Waals surface area contributed by atoms with E-state index in [0.717, 1.165) is 19.6 Å². The predicted molar refractivity (Wildman–Crippen MR) is 63.0 cm³/mol. The first-order valence-electron chi connectivity index (χ1n) is 5.65. The Morgan fingerprint density at radius 3 is 2.33 bits per heavy atom. The molecule has 0 fully saturated rings. The van der Waals surface area contributed by atoms with Gasteiger partial charge in [-0.3, -0.25) is 4.90 Å². The third kappa shape index (κ3) is 6.28. The Morgan fingerprint density at radius 2 is 2.00 bits per heavy atom. The lowest BCUT2D eigenvalue weighted by Gasteiger charge is -2.20. The van der Waals surface area contributed by atoms with Crippen LogP contribution in [0.2, 0.25) is 0 Å². The zero-order valence-electron chi connectivity index (χ0n) is 10.3. The molecule has 0 spiro atoms. The zero-order chi connectivity index (χ0) is 11.8. The van der Waals surface area contributed by atoms with Crippen molar-refractivity contribution >= 4 is 5.97 Å². The van der Waals surface area contributed by atoms with Crippen LogP contribution in [0.4, 0.5) is 0 Å². The van der Waals surface area contributed by atoms with E-state index in [1.165, 1.54) is 0 Å². The summed E-state index contributed by atoms with van der Waals surface area (Å²) in [5.41, 5.74) is 0.511. The van der Waals surface area contributed by atoms with Gasteiger partial charge >= 0.3 is 5.97 Å². The number of carbonyl (C=O) groups is 1. The second-order valence-corrected chi connectivity index (χ2v) is 4.13. The highest BCUT2D eigenvalue weighted by molar-refractivity contribution is 5.86. The fraction of sp³-hybridized carbons (Fsp3) is 0.750. The van der Waals surface area contributed by atoms with Crippen LogP contribution in [0.5, 0.6) is 0 Å². The van der Waals surface area contributed by atoms with Crippen LogP contribution in [-0.4, -0.2) is 35.6 Å². The van der Waals surface area contributed by atoms with Crippen LogP contribution < -0.4 is 0 Å². The molecule has 0 amide bonds. The van der Waals surface area contributed by atoms with Crippen LogP contribution in [-0.2, 0) is 4.79 Å². The fourth-order valence-electron chi connectivity index (χ4n) is 1.47. The van der Waals surface area contributed by atoms with Gasteiger partial charge in [0.05, 0.1) is 0 Å². The number of hydrogen-bond donors (Lipinski definition) is 1. The SMILES string of the molecule is CCC(=CCN(CC)CC(C)C)C(=O)O. The summed E-state index contributed by atoms with van der Waals surface area (Å²) >= 11 is 0. The van der Waals surface area contributed by atoms with E-state index in [-0.39, 0.29) is 0 Å². The number of carboxylic acid groups (broad SMARTS) is 1. The molecule has 0 bridgehead atoms. The van der Waals surface area contributed by atoms with E-state index >= 15 is 0 Å². The van der Waals surface area contributed by atoms with Crippen molar-refractivity contribution < 1.29 is 9.90 Å². The van der Waals surface area contributed by atoms with Gasteiger partial charge in [-0.15, -0.1) is 0 Å². The first-order chi connectivity index (χ1) is 7.01. The molecule has 3 heteroatoms. The molecule has 0 aromatic carbocycles. The minimum Gasteiger partial charge on any atom is -0.478 e. The summed E-state index contributed by atoms with van der Waals surface area (Å²) < 4.78 is 0. The van der Waals surface area contributed by atoms with Crippen LogP contribution >= 0.6 is 0 Å². The highest BCUT2D eigenvalue weighted by Crippen LogP contribution is 2.03. The first-order valence-corrected chi connectivity index (χ1v) is 5.65. The van der Waals surface area contributed by atoms with E-state index in [9.17, 15) is 4.79 Å². The summed E-state index contributed by atoms with van der Waals surface area (Å²) in [5.74, 6) is -0.175. The first kappa shape index (κ1) is 14.2. The largest absolute Gasteiger partial charge is 0.478 e. The van der Waals surface area contributed by atoms with E-state index in [0.29, 0.717) is 17.9 Å². The van der Waals surface area contributed by atoms with Gasteiger partial charge in [0.2, 0.25) is 0 Å². The second kappa shape index (κ2) is 7.46. The van der Waals surface area contributed by atoms with Crippen molar-refractivity contribution in [3.05, 3.63) is 11.6 Å². The third-order valence-corrected chi connectivity index (χ3v) is 2.32. The van der Waals surface area contributed by atoms with E-state index in [2.05, 4.69) is 25.7 Å². The van der Waals surface area contributed by atoms with E-state index in [1.807, 2.05) is 13.0 Å². The van der Waals surface area contributed by atoms with Gasteiger partial charge in [-0.2, -0.15) is 0 Å². The third-order valence-electron chi connectivity index (χ3n) is 2.32. The fourth-order valence-corrected chi connectivity index (χ4v) is 1.47. The summed E-state index contributed by atoms with van der Waals surface area (Å²) in [4.78, 5) is 13.0. The molecule has 0 aliphatic heterocycles. The van der Waals surface area contributed by atoms with Gasteiger partial charge in [0, 0.05) is 18.7 Å². The van der Waals surface area contributed by atoms with Crippen molar-refractivity contribution in [2.45, 2.75) is 34.1 Å². The topological polar surface area (TPSA) is 40.5 Å². The number of carboxylic acids is 1. The summed E-state index contributed by atoms with van der Waals surface area (Å²) in [6, 6.07) is 0. The molecule has 0 saturated carbocycles. The Kier molecular flexibility index (Phi) is 7.05. The average molecular weight is 213 g/mol. The van der Waals surface area contributed by atoms with Crippen LogP contribution in [0.3, 0.4) is 0 Å². The Bertz CT molecular complexity index is 222. The van der Waals surface area contributed by atoms with Gasteiger partial charge in [0.15, 0.2) is 0 Å². The van der Waals surface area contributed by atoms with Gasteiger partial charge in [-0.05, 0) is 18.9 Å². The Balaban J connectivity index is 4.23. The van der Waals surface area contributed by atoms with Crippen molar-refractivity contribution in [2.75, 3.05) is 19.6 Å². The van der Waals surface area contributed by atoms with Crippen molar-refractivity contribution in [1.82, 2.24) is 4.90 Å². The van der Waals surface area contributed by atoms with Crippen LogP contribution in [0.25, 0.3) is 0 Å². The summed E-state index contributed by atoms with van der Waals surface area (Å²) in [5, 5.41) is 8.85. The Labute approximate surface area is 92.8 Å². The number of aliphatic carboxylic acids is 1. The quantitative estimate of drug-likeness (QED) is 0.660. The van der Waals surface area contributed by atoms with Crippen molar-refractivity contribution in [3.8, 4) is 0 Å². The summed E-state index contributed by atoms with van der Waals surface area (Å²) in [6.07, 6.45) is 2.42.